The summed E-state index contributed by atoms with van der Waals surface area (Å²) in [5.74, 6) is 1.33. The fourth-order valence-corrected chi connectivity index (χ4v) is 3.79. The van der Waals surface area contributed by atoms with Crippen molar-refractivity contribution in [3.63, 3.8) is 0 Å². The van der Waals surface area contributed by atoms with E-state index < -0.39 is 0 Å². The summed E-state index contributed by atoms with van der Waals surface area (Å²) in [6.45, 7) is 6.27. The summed E-state index contributed by atoms with van der Waals surface area (Å²) in [7, 11) is 1.63. The van der Waals surface area contributed by atoms with Crippen LogP contribution in [0.2, 0.25) is 0 Å². The lowest BCUT2D eigenvalue weighted by Gasteiger charge is -2.36. The van der Waals surface area contributed by atoms with E-state index in [2.05, 4.69) is 21.7 Å². The van der Waals surface area contributed by atoms with Crippen LogP contribution in [0.1, 0.15) is 10.6 Å². The predicted octanol–water partition coefficient (Wildman–Crippen LogP) is 2.72. The SMILES string of the molecule is C=CCN(CC(=O)N1CCN(c2ccc(-c3ccc(OC)cc3)nn2)CC1)C(=O)c1ccco1. The number of amides is 2. The molecule has 0 unspecified atom stereocenters. The Kier molecular flexibility index (Phi) is 7.22. The van der Waals surface area contributed by atoms with Crippen molar-refractivity contribution in [1.29, 1.82) is 0 Å². The van der Waals surface area contributed by atoms with Gasteiger partial charge in [-0.25, -0.2) is 0 Å². The quantitative estimate of drug-likeness (QED) is 0.476. The number of methoxy groups -OCH3 is 1. The maximum Gasteiger partial charge on any atom is 0.290 e. The molecule has 3 aromatic rings. The fourth-order valence-electron chi connectivity index (χ4n) is 3.79. The molecule has 0 aliphatic carbocycles. The summed E-state index contributed by atoms with van der Waals surface area (Å²) in [5, 5.41) is 8.74. The Hall–Kier alpha value is -4.14. The van der Waals surface area contributed by atoms with E-state index in [1.807, 2.05) is 36.4 Å². The number of furan rings is 1. The van der Waals surface area contributed by atoms with Crippen molar-refractivity contribution < 1.29 is 18.7 Å². The van der Waals surface area contributed by atoms with Crippen LogP contribution in [0, 0.1) is 0 Å². The van der Waals surface area contributed by atoms with Crippen LogP contribution in [0.4, 0.5) is 5.82 Å². The largest absolute Gasteiger partial charge is 0.497 e. The molecule has 34 heavy (non-hydrogen) atoms. The van der Waals surface area contributed by atoms with E-state index in [9.17, 15) is 9.59 Å². The Morgan fingerprint density at radius 1 is 1.09 bits per heavy atom. The minimum Gasteiger partial charge on any atom is -0.497 e. The normalized spacial score (nSPS) is 13.4. The van der Waals surface area contributed by atoms with Gasteiger partial charge in [0.05, 0.1) is 19.1 Å². The lowest BCUT2D eigenvalue weighted by atomic mass is 10.1. The smallest absolute Gasteiger partial charge is 0.290 e. The van der Waals surface area contributed by atoms with Crippen LogP contribution >= 0.6 is 0 Å². The van der Waals surface area contributed by atoms with Crippen molar-refractivity contribution >= 4 is 17.6 Å². The highest BCUT2D eigenvalue weighted by Crippen LogP contribution is 2.22. The summed E-state index contributed by atoms with van der Waals surface area (Å²) in [6.07, 6.45) is 3.03. The van der Waals surface area contributed by atoms with E-state index in [4.69, 9.17) is 9.15 Å². The molecule has 1 aliphatic rings. The van der Waals surface area contributed by atoms with Gasteiger partial charge in [-0.15, -0.1) is 16.8 Å². The molecule has 1 aliphatic heterocycles. The van der Waals surface area contributed by atoms with Gasteiger partial charge in [-0.05, 0) is 48.5 Å². The number of benzene rings is 1. The Morgan fingerprint density at radius 3 is 2.44 bits per heavy atom. The van der Waals surface area contributed by atoms with Gasteiger partial charge in [-0.2, -0.15) is 0 Å². The van der Waals surface area contributed by atoms with Gasteiger partial charge in [0, 0.05) is 38.3 Å². The van der Waals surface area contributed by atoms with Gasteiger partial charge < -0.3 is 23.9 Å². The second-order valence-corrected chi connectivity index (χ2v) is 7.82. The Morgan fingerprint density at radius 2 is 1.85 bits per heavy atom. The van der Waals surface area contributed by atoms with E-state index in [1.165, 1.54) is 11.2 Å². The standard InChI is InChI=1S/C25H27N5O4/c1-3-12-30(25(32)22-5-4-17-34-22)18-24(31)29-15-13-28(14-16-29)23-11-10-21(26-27-23)19-6-8-20(33-2)9-7-19/h3-11,17H,1,12-16,18H2,2H3. The van der Waals surface area contributed by atoms with Crippen LogP contribution in [0.15, 0.2) is 71.9 Å². The van der Waals surface area contributed by atoms with E-state index in [1.54, 1.807) is 30.2 Å². The number of hydrogen-bond donors (Lipinski definition) is 0. The maximum atomic E-state index is 12.9. The third kappa shape index (κ3) is 5.25. The molecule has 2 amide bonds. The molecule has 0 saturated carbocycles. The second kappa shape index (κ2) is 10.7. The third-order valence-corrected chi connectivity index (χ3v) is 5.69. The molecule has 0 radical (unpaired) electrons. The molecule has 1 saturated heterocycles. The van der Waals surface area contributed by atoms with Crippen LogP contribution in [-0.2, 0) is 4.79 Å². The van der Waals surface area contributed by atoms with Gasteiger partial charge in [0.25, 0.3) is 5.91 Å². The molecule has 3 heterocycles. The summed E-state index contributed by atoms with van der Waals surface area (Å²) >= 11 is 0. The molecule has 176 valence electrons. The number of nitrogens with zero attached hydrogens (tertiary/aromatic N) is 5. The summed E-state index contributed by atoms with van der Waals surface area (Å²) < 4.78 is 10.4. The molecule has 0 bridgehead atoms. The van der Waals surface area contributed by atoms with Crippen molar-refractivity contribution in [2.75, 3.05) is 51.3 Å². The van der Waals surface area contributed by atoms with Crippen LogP contribution in [0.25, 0.3) is 11.3 Å². The van der Waals surface area contributed by atoms with Gasteiger partial charge in [0.15, 0.2) is 11.6 Å². The minimum atomic E-state index is -0.330. The fraction of sp³-hybridized carbons (Fsp3) is 0.280. The zero-order valence-corrected chi connectivity index (χ0v) is 19.1. The molecule has 1 aromatic carbocycles. The first-order chi connectivity index (χ1) is 16.6. The highest BCUT2D eigenvalue weighted by molar-refractivity contribution is 5.94. The Bertz CT molecular complexity index is 1110. The first-order valence-electron chi connectivity index (χ1n) is 11.0. The third-order valence-electron chi connectivity index (χ3n) is 5.69. The molecule has 9 nitrogen and oxygen atoms in total. The Balaban J connectivity index is 1.32. The number of aromatic nitrogens is 2. The molecular formula is C25H27N5O4. The van der Waals surface area contributed by atoms with E-state index in [0.717, 1.165) is 22.8 Å². The van der Waals surface area contributed by atoms with Crippen molar-refractivity contribution in [1.82, 2.24) is 20.0 Å². The lowest BCUT2D eigenvalue weighted by molar-refractivity contribution is -0.132. The predicted molar refractivity (Wildman–Crippen MR) is 128 cm³/mol. The van der Waals surface area contributed by atoms with E-state index >= 15 is 0 Å². The maximum absolute atomic E-state index is 12.9. The molecule has 0 spiro atoms. The molecular weight excluding hydrogens is 434 g/mol. The second-order valence-electron chi connectivity index (χ2n) is 7.82. The van der Waals surface area contributed by atoms with Crippen LogP contribution in [0.3, 0.4) is 0 Å². The molecule has 2 aromatic heterocycles. The minimum absolute atomic E-state index is 0.0259. The zero-order valence-electron chi connectivity index (χ0n) is 19.1. The molecule has 4 rings (SSSR count). The molecule has 0 atom stereocenters. The first kappa shape index (κ1) is 23.0. The van der Waals surface area contributed by atoms with Gasteiger partial charge in [-0.3, -0.25) is 9.59 Å². The average Bonchev–Trinajstić information content (AvgIpc) is 3.43. The molecule has 1 fully saturated rings. The van der Waals surface area contributed by atoms with Gasteiger partial charge in [0.1, 0.15) is 12.3 Å². The van der Waals surface area contributed by atoms with Crippen molar-refractivity contribution in [3.05, 3.63) is 73.2 Å². The number of carbonyl (C=O) groups is 2. The number of piperazine rings is 1. The highest BCUT2D eigenvalue weighted by atomic mass is 16.5. The zero-order chi connectivity index (χ0) is 23.9. The first-order valence-corrected chi connectivity index (χ1v) is 11.0. The van der Waals surface area contributed by atoms with Crippen LogP contribution in [-0.4, -0.2) is 78.2 Å². The Labute approximate surface area is 198 Å². The number of ether oxygens (including phenoxy) is 1. The number of carbonyl (C=O) groups excluding carboxylic acids is 2. The monoisotopic (exact) mass is 461 g/mol. The van der Waals surface area contributed by atoms with Gasteiger partial charge in [0.2, 0.25) is 5.91 Å². The van der Waals surface area contributed by atoms with Crippen molar-refractivity contribution in [3.8, 4) is 17.0 Å². The van der Waals surface area contributed by atoms with Crippen LogP contribution in [0.5, 0.6) is 5.75 Å². The summed E-state index contributed by atoms with van der Waals surface area (Å²) in [5.41, 5.74) is 1.74. The number of rotatable bonds is 8. The lowest BCUT2D eigenvalue weighted by Crippen LogP contribution is -2.52. The van der Waals surface area contributed by atoms with Crippen molar-refractivity contribution in [2.45, 2.75) is 0 Å². The summed E-state index contributed by atoms with van der Waals surface area (Å²) in [6, 6.07) is 14.8. The van der Waals surface area contributed by atoms with Crippen LogP contribution < -0.4 is 9.64 Å². The number of hydrogen-bond acceptors (Lipinski definition) is 7. The van der Waals surface area contributed by atoms with Gasteiger partial charge in [-0.1, -0.05) is 6.08 Å². The van der Waals surface area contributed by atoms with E-state index in [-0.39, 0.29) is 30.7 Å². The van der Waals surface area contributed by atoms with Gasteiger partial charge >= 0.3 is 0 Å². The molecule has 0 N–H and O–H groups in total. The average molecular weight is 462 g/mol. The topological polar surface area (TPSA) is 92.0 Å². The highest BCUT2D eigenvalue weighted by Gasteiger charge is 2.26. The van der Waals surface area contributed by atoms with Crippen molar-refractivity contribution in [2.24, 2.45) is 0 Å². The molecule has 9 heteroatoms. The number of anilines is 1. The summed E-state index contributed by atoms with van der Waals surface area (Å²) in [4.78, 5) is 30.8. The van der Waals surface area contributed by atoms with E-state index in [0.29, 0.717) is 26.2 Å².